The molecule has 1 fully saturated rings. The zero-order chi connectivity index (χ0) is 11.5. The van der Waals surface area contributed by atoms with E-state index in [1.165, 1.54) is 12.8 Å². The van der Waals surface area contributed by atoms with Gasteiger partial charge in [-0.3, -0.25) is 0 Å². The summed E-state index contributed by atoms with van der Waals surface area (Å²) in [6, 6.07) is 5.38. The lowest BCUT2D eigenvalue weighted by atomic mass is 10.1. The van der Waals surface area contributed by atoms with Crippen molar-refractivity contribution in [2.24, 2.45) is 5.92 Å². The van der Waals surface area contributed by atoms with Crippen LogP contribution in [0.5, 0.6) is 5.75 Å². The van der Waals surface area contributed by atoms with Crippen LogP contribution in [0.15, 0.2) is 18.2 Å². The Kier molecular flexibility index (Phi) is 3.72. The van der Waals surface area contributed by atoms with Crippen molar-refractivity contribution in [1.29, 1.82) is 0 Å². The van der Waals surface area contributed by atoms with Gasteiger partial charge in [-0.25, -0.2) is 0 Å². The van der Waals surface area contributed by atoms with Gasteiger partial charge >= 0.3 is 0 Å². The molecule has 88 valence electrons. The maximum atomic E-state index is 9.61. The molecule has 1 aromatic carbocycles. The first kappa shape index (κ1) is 11.7. The predicted molar refractivity (Wildman–Crippen MR) is 64.9 cm³/mol. The summed E-state index contributed by atoms with van der Waals surface area (Å²) in [7, 11) is 0. The summed E-state index contributed by atoms with van der Waals surface area (Å²) in [5.41, 5.74) is 0.767. The molecule has 1 aromatic rings. The van der Waals surface area contributed by atoms with Crippen molar-refractivity contribution in [2.45, 2.75) is 32.3 Å². The molecule has 0 saturated heterocycles. The molecule has 1 aliphatic rings. The lowest BCUT2D eigenvalue weighted by Crippen LogP contribution is -2.02. The van der Waals surface area contributed by atoms with Crippen molar-refractivity contribution in [3.05, 3.63) is 28.8 Å². The van der Waals surface area contributed by atoms with Crippen molar-refractivity contribution >= 4 is 11.6 Å². The largest absolute Gasteiger partial charge is 0.493 e. The van der Waals surface area contributed by atoms with E-state index < -0.39 is 6.10 Å². The molecule has 0 aromatic heterocycles. The number of aliphatic hydroxyl groups excluding tert-OH is 1. The molecule has 3 heteroatoms. The molecular formula is C13H17ClO2. The van der Waals surface area contributed by atoms with E-state index in [1.54, 1.807) is 19.1 Å². The Morgan fingerprint density at radius 3 is 2.88 bits per heavy atom. The van der Waals surface area contributed by atoms with Gasteiger partial charge in [0.15, 0.2) is 0 Å². The smallest absolute Gasteiger partial charge is 0.125 e. The lowest BCUT2D eigenvalue weighted by Gasteiger charge is -2.13. The van der Waals surface area contributed by atoms with Crippen LogP contribution in [0.3, 0.4) is 0 Å². The molecule has 0 aliphatic heterocycles. The van der Waals surface area contributed by atoms with Crippen LogP contribution >= 0.6 is 11.6 Å². The minimum absolute atomic E-state index is 0.547. The second kappa shape index (κ2) is 5.07. The molecule has 0 bridgehead atoms. The Balaban J connectivity index is 1.99. The Bertz CT molecular complexity index is 359. The van der Waals surface area contributed by atoms with E-state index in [-0.39, 0.29) is 0 Å². The van der Waals surface area contributed by atoms with Crippen molar-refractivity contribution in [1.82, 2.24) is 0 Å². The van der Waals surface area contributed by atoms with Gasteiger partial charge in [-0.2, -0.15) is 0 Å². The first-order chi connectivity index (χ1) is 7.66. The van der Waals surface area contributed by atoms with Crippen molar-refractivity contribution in [2.75, 3.05) is 6.61 Å². The number of benzene rings is 1. The van der Waals surface area contributed by atoms with E-state index in [4.69, 9.17) is 16.3 Å². The minimum Gasteiger partial charge on any atom is -0.493 e. The van der Waals surface area contributed by atoms with Crippen molar-refractivity contribution < 1.29 is 9.84 Å². The quantitative estimate of drug-likeness (QED) is 0.853. The number of hydrogen-bond donors (Lipinski definition) is 1. The topological polar surface area (TPSA) is 29.5 Å². The third kappa shape index (κ3) is 3.13. The molecule has 1 N–H and O–H groups in total. The van der Waals surface area contributed by atoms with E-state index >= 15 is 0 Å². The lowest BCUT2D eigenvalue weighted by molar-refractivity contribution is 0.190. The number of halogens is 1. The molecule has 0 heterocycles. The van der Waals surface area contributed by atoms with E-state index in [2.05, 4.69) is 0 Å². The average Bonchev–Trinajstić information content (AvgIpc) is 3.04. The fourth-order valence-corrected chi connectivity index (χ4v) is 1.90. The normalized spacial score (nSPS) is 17.2. The Morgan fingerprint density at radius 1 is 1.50 bits per heavy atom. The summed E-state index contributed by atoms with van der Waals surface area (Å²) in [5, 5.41) is 10.2. The van der Waals surface area contributed by atoms with Gasteiger partial charge in [-0.15, -0.1) is 0 Å². The highest BCUT2D eigenvalue weighted by molar-refractivity contribution is 6.30. The van der Waals surface area contributed by atoms with Gasteiger partial charge in [0.25, 0.3) is 0 Å². The molecule has 2 nitrogen and oxygen atoms in total. The Hall–Kier alpha value is -0.730. The van der Waals surface area contributed by atoms with Crippen molar-refractivity contribution in [3.8, 4) is 5.75 Å². The Morgan fingerprint density at radius 2 is 2.25 bits per heavy atom. The standard InChI is InChI=1S/C13H17ClO2/c1-9(15)12-8-11(14)4-5-13(12)16-7-6-10-2-3-10/h4-5,8-10,15H,2-3,6-7H2,1H3/t9-/m0/s1. The molecule has 0 spiro atoms. The highest BCUT2D eigenvalue weighted by atomic mass is 35.5. The number of aliphatic hydroxyl groups is 1. The average molecular weight is 241 g/mol. The molecule has 1 saturated carbocycles. The number of hydrogen-bond acceptors (Lipinski definition) is 2. The first-order valence-electron chi connectivity index (χ1n) is 5.77. The first-order valence-corrected chi connectivity index (χ1v) is 6.15. The van der Waals surface area contributed by atoms with E-state index in [0.717, 1.165) is 30.3 Å². The molecule has 0 amide bonds. The summed E-state index contributed by atoms with van der Waals surface area (Å²) in [5.74, 6) is 1.61. The van der Waals surface area contributed by atoms with Crippen LogP contribution in [-0.4, -0.2) is 11.7 Å². The summed E-state index contributed by atoms with van der Waals surface area (Å²) in [6.07, 6.45) is 3.25. The zero-order valence-electron chi connectivity index (χ0n) is 9.45. The van der Waals surface area contributed by atoms with Gasteiger partial charge in [-0.1, -0.05) is 24.4 Å². The summed E-state index contributed by atoms with van der Waals surface area (Å²) in [4.78, 5) is 0. The predicted octanol–water partition coefficient (Wildman–Crippen LogP) is 3.57. The second-order valence-electron chi connectivity index (χ2n) is 4.44. The van der Waals surface area contributed by atoms with Gasteiger partial charge in [0.2, 0.25) is 0 Å². The summed E-state index contributed by atoms with van der Waals surface area (Å²) in [6.45, 7) is 2.45. The highest BCUT2D eigenvalue weighted by Crippen LogP contribution is 2.33. The third-order valence-electron chi connectivity index (χ3n) is 2.90. The highest BCUT2D eigenvalue weighted by Gasteiger charge is 2.21. The monoisotopic (exact) mass is 240 g/mol. The van der Waals surface area contributed by atoms with Crippen LogP contribution in [-0.2, 0) is 0 Å². The molecule has 0 radical (unpaired) electrons. The van der Waals surface area contributed by atoms with Crippen LogP contribution in [0.25, 0.3) is 0 Å². The fraction of sp³-hybridized carbons (Fsp3) is 0.538. The number of rotatable bonds is 5. The second-order valence-corrected chi connectivity index (χ2v) is 4.88. The zero-order valence-corrected chi connectivity index (χ0v) is 10.2. The maximum Gasteiger partial charge on any atom is 0.125 e. The molecule has 1 atom stereocenters. The maximum absolute atomic E-state index is 9.61. The summed E-state index contributed by atoms with van der Waals surface area (Å²) < 4.78 is 5.69. The van der Waals surface area contributed by atoms with Gasteiger partial charge in [0.1, 0.15) is 5.75 Å². The number of ether oxygens (including phenoxy) is 1. The van der Waals surface area contributed by atoms with Gasteiger partial charge in [0, 0.05) is 10.6 Å². The summed E-state index contributed by atoms with van der Waals surface area (Å²) >= 11 is 5.89. The molecule has 1 aliphatic carbocycles. The minimum atomic E-state index is -0.547. The van der Waals surface area contributed by atoms with Crippen LogP contribution in [0.1, 0.15) is 37.9 Å². The molecule has 2 rings (SSSR count). The Labute approximate surface area is 101 Å². The van der Waals surface area contributed by atoms with Crippen LogP contribution in [0.4, 0.5) is 0 Å². The SMILES string of the molecule is C[C@H](O)c1cc(Cl)ccc1OCCC1CC1. The van der Waals surface area contributed by atoms with Crippen LogP contribution in [0, 0.1) is 5.92 Å². The van der Waals surface area contributed by atoms with E-state index in [1.807, 2.05) is 6.07 Å². The van der Waals surface area contributed by atoms with Crippen molar-refractivity contribution in [3.63, 3.8) is 0 Å². The van der Waals surface area contributed by atoms with Gasteiger partial charge in [0.05, 0.1) is 12.7 Å². The van der Waals surface area contributed by atoms with E-state index in [0.29, 0.717) is 5.02 Å². The molecule has 0 unspecified atom stereocenters. The van der Waals surface area contributed by atoms with Crippen LogP contribution < -0.4 is 4.74 Å². The van der Waals surface area contributed by atoms with Gasteiger partial charge in [-0.05, 0) is 37.5 Å². The third-order valence-corrected chi connectivity index (χ3v) is 3.14. The molecular weight excluding hydrogens is 224 g/mol. The van der Waals surface area contributed by atoms with Crippen LogP contribution in [0.2, 0.25) is 5.02 Å². The van der Waals surface area contributed by atoms with Gasteiger partial charge < -0.3 is 9.84 Å². The molecule has 16 heavy (non-hydrogen) atoms. The van der Waals surface area contributed by atoms with E-state index in [9.17, 15) is 5.11 Å². The fourth-order valence-electron chi connectivity index (χ4n) is 1.72.